The lowest BCUT2D eigenvalue weighted by Crippen LogP contribution is -2.20. The highest BCUT2D eigenvalue weighted by atomic mass is 32.2. The second-order valence-electron chi connectivity index (χ2n) is 4.63. The van der Waals surface area contributed by atoms with Crippen molar-refractivity contribution in [2.75, 3.05) is 12.9 Å². The number of hydrogen-bond acceptors (Lipinski definition) is 2. The largest absolute Gasteiger partial charge is 0.497 e. The van der Waals surface area contributed by atoms with Crippen LogP contribution in [0, 0.1) is 5.92 Å². The molecule has 1 aromatic rings. The summed E-state index contributed by atoms with van der Waals surface area (Å²) in [6.45, 7) is 6.31. The molecule has 3 heteroatoms. The van der Waals surface area contributed by atoms with Gasteiger partial charge in [0, 0.05) is 21.8 Å². The normalized spacial score (nSPS) is 14.6. The lowest BCUT2D eigenvalue weighted by Gasteiger charge is -2.14. The van der Waals surface area contributed by atoms with Crippen LogP contribution in [0.4, 0.5) is 0 Å². The van der Waals surface area contributed by atoms with E-state index < -0.39 is 10.8 Å². The molecule has 0 aliphatic rings. The van der Waals surface area contributed by atoms with E-state index in [1.165, 1.54) is 5.56 Å². The van der Waals surface area contributed by atoms with E-state index in [0.717, 1.165) is 17.9 Å². The summed E-state index contributed by atoms with van der Waals surface area (Å²) in [4.78, 5) is 0. The fourth-order valence-electron chi connectivity index (χ4n) is 1.50. The van der Waals surface area contributed by atoms with E-state index >= 15 is 0 Å². The van der Waals surface area contributed by atoms with Crippen LogP contribution in [-0.2, 0) is 17.2 Å². The van der Waals surface area contributed by atoms with Crippen molar-refractivity contribution in [1.82, 2.24) is 0 Å². The number of hydrogen-bond donors (Lipinski definition) is 0. The van der Waals surface area contributed by atoms with E-state index in [9.17, 15) is 4.21 Å². The van der Waals surface area contributed by atoms with Crippen LogP contribution in [-0.4, -0.2) is 22.3 Å². The molecule has 0 aliphatic carbocycles. The Balaban J connectivity index is 2.47. The summed E-state index contributed by atoms with van der Waals surface area (Å²) in [6.07, 6.45) is 0.869. The summed E-state index contributed by atoms with van der Waals surface area (Å²) < 4.78 is 17.1. The maximum atomic E-state index is 12.0. The van der Waals surface area contributed by atoms with E-state index in [1.54, 1.807) is 7.11 Å². The molecule has 1 rings (SSSR count). The van der Waals surface area contributed by atoms with Crippen molar-refractivity contribution in [3.05, 3.63) is 29.8 Å². The van der Waals surface area contributed by atoms with Gasteiger partial charge in [-0.3, -0.25) is 4.21 Å². The molecule has 0 radical (unpaired) electrons. The van der Waals surface area contributed by atoms with Gasteiger partial charge in [0.1, 0.15) is 5.75 Å². The molecule has 0 fully saturated rings. The summed E-state index contributed by atoms with van der Waals surface area (Å²) in [5.41, 5.74) is 1.22. The molecule has 2 nitrogen and oxygen atoms in total. The SMILES string of the molecule is COc1ccc(CC[S@](=O)[C@@H](C)C(C)C)cc1. The van der Waals surface area contributed by atoms with Gasteiger partial charge >= 0.3 is 0 Å². The number of ether oxygens (including phenoxy) is 1. The topological polar surface area (TPSA) is 26.3 Å². The summed E-state index contributed by atoms with van der Waals surface area (Å²) in [7, 11) is 0.927. The van der Waals surface area contributed by atoms with Crippen LogP contribution in [0.5, 0.6) is 5.75 Å². The first-order valence-corrected chi connectivity index (χ1v) is 7.43. The first-order chi connectivity index (χ1) is 8.04. The Morgan fingerprint density at radius 3 is 2.24 bits per heavy atom. The number of aryl methyl sites for hydroxylation is 1. The molecule has 0 saturated heterocycles. The molecule has 1 aromatic carbocycles. The Labute approximate surface area is 107 Å². The zero-order valence-corrected chi connectivity index (χ0v) is 11.9. The number of rotatable bonds is 6. The smallest absolute Gasteiger partial charge is 0.118 e. The van der Waals surface area contributed by atoms with Gasteiger partial charge in [-0.15, -0.1) is 0 Å². The van der Waals surface area contributed by atoms with Gasteiger partial charge in [-0.1, -0.05) is 32.9 Å². The van der Waals surface area contributed by atoms with Crippen molar-refractivity contribution in [2.45, 2.75) is 32.4 Å². The van der Waals surface area contributed by atoms with E-state index in [1.807, 2.05) is 24.3 Å². The predicted octanol–water partition coefficient (Wildman–Crippen LogP) is 3.03. The molecule has 0 N–H and O–H groups in total. The maximum absolute atomic E-state index is 12.0. The molecule has 0 amide bonds. The fraction of sp³-hybridized carbons (Fsp3) is 0.571. The van der Waals surface area contributed by atoms with Crippen molar-refractivity contribution in [1.29, 1.82) is 0 Å². The van der Waals surface area contributed by atoms with Crippen LogP contribution in [0.15, 0.2) is 24.3 Å². The summed E-state index contributed by atoms with van der Waals surface area (Å²) in [5, 5.41) is 0.272. The molecule has 0 spiro atoms. The van der Waals surface area contributed by atoms with Crippen LogP contribution in [0.2, 0.25) is 0 Å². The van der Waals surface area contributed by atoms with Crippen molar-refractivity contribution >= 4 is 10.8 Å². The third-order valence-corrected chi connectivity index (χ3v) is 5.08. The minimum atomic E-state index is -0.734. The second-order valence-corrected chi connectivity index (χ2v) is 6.55. The molecule has 17 heavy (non-hydrogen) atoms. The Kier molecular flexibility index (Phi) is 5.69. The molecule has 96 valence electrons. The average Bonchev–Trinajstić information content (AvgIpc) is 2.35. The minimum Gasteiger partial charge on any atom is -0.497 e. The molecule has 2 atom stereocenters. The number of benzene rings is 1. The molecular weight excluding hydrogens is 232 g/mol. The molecule has 0 bridgehead atoms. The molecule has 0 aromatic heterocycles. The first-order valence-electron chi connectivity index (χ1n) is 6.04. The van der Waals surface area contributed by atoms with Gasteiger partial charge in [0.15, 0.2) is 0 Å². The monoisotopic (exact) mass is 254 g/mol. The summed E-state index contributed by atoms with van der Waals surface area (Å²) in [5.74, 6) is 2.09. The van der Waals surface area contributed by atoms with Crippen LogP contribution in [0.1, 0.15) is 26.3 Å². The third kappa shape index (κ3) is 4.50. The van der Waals surface area contributed by atoms with Gasteiger partial charge in [-0.25, -0.2) is 0 Å². The lowest BCUT2D eigenvalue weighted by molar-refractivity contribution is 0.414. The highest BCUT2D eigenvalue weighted by molar-refractivity contribution is 7.85. The van der Waals surface area contributed by atoms with Crippen LogP contribution >= 0.6 is 0 Å². The van der Waals surface area contributed by atoms with Crippen molar-refractivity contribution in [2.24, 2.45) is 5.92 Å². The summed E-state index contributed by atoms with van der Waals surface area (Å²) >= 11 is 0. The standard InChI is InChI=1S/C14H22O2S/c1-11(2)12(3)17(15)10-9-13-5-7-14(16-4)8-6-13/h5-8,11-12H,9-10H2,1-4H3/t12-,17-/m0/s1. The second kappa shape index (κ2) is 6.80. The highest BCUT2D eigenvalue weighted by Gasteiger charge is 2.14. The van der Waals surface area contributed by atoms with Gasteiger partial charge in [-0.05, 0) is 30.0 Å². The fourth-order valence-corrected chi connectivity index (χ4v) is 2.92. The van der Waals surface area contributed by atoms with Crippen molar-refractivity contribution < 1.29 is 8.95 Å². The quantitative estimate of drug-likeness (QED) is 0.780. The molecular formula is C14H22O2S. The van der Waals surface area contributed by atoms with Crippen LogP contribution in [0.3, 0.4) is 0 Å². The van der Waals surface area contributed by atoms with Gasteiger partial charge in [-0.2, -0.15) is 0 Å². The van der Waals surface area contributed by atoms with Crippen molar-refractivity contribution in [3.8, 4) is 5.75 Å². The van der Waals surface area contributed by atoms with Crippen molar-refractivity contribution in [3.63, 3.8) is 0 Å². The van der Waals surface area contributed by atoms with Gasteiger partial charge < -0.3 is 4.74 Å². The van der Waals surface area contributed by atoms with Gasteiger partial charge in [0.2, 0.25) is 0 Å². The minimum absolute atomic E-state index is 0.272. The van der Waals surface area contributed by atoms with Crippen LogP contribution < -0.4 is 4.74 Å². The summed E-state index contributed by atoms with van der Waals surface area (Å²) in [6, 6.07) is 7.97. The Hall–Kier alpha value is -0.830. The third-order valence-electron chi connectivity index (χ3n) is 3.10. The van der Waals surface area contributed by atoms with Gasteiger partial charge in [0.05, 0.1) is 7.11 Å². The first kappa shape index (κ1) is 14.2. The van der Waals surface area contributed by atoms with Gasteiger partial charge in [0.25, 0.3) is 0 Å². The average molecular weight is 254 g/mol. The van der Waals surface area contributed by atoms with E-state index in [4.69, 9.17) is 4.74 Å². The van der Waals surface area contributed by atoms with Crippen LogP contribution in [0.25, 0.3) is 0 Å². The Bertz CT molecular complexity index is 357. The van der Waals surface area contributed by atoms with E-state index in [0.29, 0.717) is 5.92 Å². The zero-order chi connectivity index (χ0) is 12.8. The maximum Gasteiger partial charge on any atom is 0.118 e. The molecule has 0 saturated carbocycles. The van der Waals surface area contributed by atoms with E-state index in [2.05, 4.69) is 20.8 Å². The number of methoxy groups -OCH3 is 1. The molecule has 0 aliphatic heterocycles. The lowest BCUT2D eigenvalue weighted by atomic mass is 10.1. The zero-order valence-electron chi connectivity index (χ0n) is 11.1. The molecule has 0 heterocycles. The Morgan fingerprint density at radius 1 is 1.18 bits per heavy atom. The predicted molar refractivity (Wildman–Crippen MR) is 74.0 cm³/mol. The molecule has 0 unspecified atom stereocenters. The highest BCUT2D eigenvalue weighted by Crippen LogP contribution is 2.14. The van der Waals surface area contributed by atoms with E-state index in [-0.39, 0.29) is 5.25 Å². The Morgan fingerprint density at radius 2 is 1.76 bits per heavy atom.